The molecule has 3 N–H and O–H groups in total. The number of aliphatic hydroxyl groups is 1. The maximum atomic E-state index is 13.1. The van der Waals surface area contributed by atoms with Gasteiger partial charge in [0.25, 0.3) is 0 Å². The third kappa shape index (κ3) is 71.2. The van der Waals surface area contributed by atoms with Crippen molar-refractivity contribution in [2.75, 3.05) is 39.6 Å². The Morgan fingerprint density at radius 2 is 0.531 bits per heavy atom. The summed E-state index contributed by atoms with van der Waals surface area (Å²) >= 11 is 0. The molecule has 17 nitrogen and oxygen atoms in total. The van der Waals surface area contributed by atoms with Crippen LogP contribution in [-0.2, 0) is 65.4 Å². The van der Waals surface area contributed by atoms with Crippen molar-refractivity contribution in [3.63, 3.8) is 0 Å². The van der Waals surface area contributed by atoms with Gasteiger partial charge < -0.3 is 33.8 Å². The van der Waals surface area contributed by atoms with Crippen LogP contribution in [-0.4, -0.2) is 96.7 Å². The van der Waals surface area contributed by atoms with Gasteiger partial charge in [0, 0.05) is 25.7 Å². The second-order valence-corrected chi connectivity index (χ2v) is 29.6. The molecule has 98 heavy (non-hydrogen) atoms. The molecule has 0 rings (SSSR count). The van der Waals surface area contributed by atoms with Crippen LogP contribution in [0.5, 0.6) is 0 Å². The van der Waals surface area contributed by atoms with Gasteiger partial charge >= 0.3 is 39.5 Å². The number of phosphoric acid groups is 2. The van der Waals surface area contributed by atoms with Crippen LogP contribution < -0.4 is 0 Å². The van der Waals surface area contributed by atoms with Crippen LogP contribution in [0.15, 0.2) is 60.8 Å². The molecular weight excluding hydrogens is 1280 g/mol. The van der Waals surface area contributed by atoms with E-state index in [1.165, 1.54) is 135 Å². The highest BCUT2D eigenvalue weighted by molar-refractivity contribution is 7.47. The number of ether oxygens (including phenoxy) is 4. The summed E-state index contributed by atoms with van der Waals surface area (Å²) in [6, 6.07) is 0. The van der Waals surface area contributed by atoms with Crippen molar-refractivity contribution in [3.8, 4) is 0 Å². The molecule has 2 unspecified atom stereocenters. The number of hydrogen-bond donors (Lipinski definition) is 3. The van der Waals surface area contributed by atoms with E-state index in [1.54, 1.807) is 0 Å². The number of carbonyl (C=O) groups is 4. The van der Waals surface area contributed by atoms with Gasteiger partial charge in [-0.05, 0) is 109 Å². The summed E-state index contributed by atoms with van der Waals surface area (Å²) in [4.78, 5) is 72.9. The van der Waals surface area contributed by atoms with Crippen molar-refractivity contribution in [2.24, 2.45) is 0 Å². The van der Waals surface area contributed by atoms with Crippen LogP contribution in [0.25, 0.3) is 0 Å². The highest BCUT2D eigenvalue weighted by Gasteiger charge is 2.30. The van der Waals surface area contributed by atoms with Gasteiger partial charge in [-0.3, -0.25) is 37.3 Å². The summed E-state index contributed by atoms with van der Waals surface area (Å²) in [5, 5.41) is 10.6. The topological polar surface area (TPSA) is 237 Å². The second kappa shape index (κ2) is 72.1. The third-order valence-electron chi connectivity index (χ3n) is 17.0. The van der Waals surface area contributed by atoms with Gasteiger partial charge in [-0.2, -0.15) is 0 Å². The molecule has 0 fully saturated rings. The Morgan fingerprint density at radius 1 is 0.296 bits per heavy atom. The van der Waals surface area contributed by atoms with E-state index < -0.39 is 97.5 Å². The summed E-state index contributed by atoms with van der Waals surface area (Å²) in [7, 11) is -9.94. The van der Waals surface area contributed by atoms with Crippen LogP contribution >= 0.6 is 15.6 Å². The van der Waals surface area contributed by atoms with Crippen molar-refractivity contribution in [3.05, 3.63) is 60.8 Å². The van der Waals surface area contributed by atoms with E-state index >= 15 is 0 Å². The maximum Gasteiger partial charge on any atom is 0.472 e. The summed E-state index contributed by atoms with van der Waals surface area (Å²) in [5.41, 5.74) is 0. The molecule has 0 aliphatic rings. The number of aliphatic hydroxyl groups excluding tert-OH is 1. The lowest BCUT2D eigenvalue weighted by atomic mass is 10.0. The van der Waals surface area contributed by atoms with Gasteiger partial charge in [0.05, 0.1) is 26.4 Å². The average molecular weight is 1430 g/mol. The Balaban J connectivity index is 5.34. The highest BCUT2D eigenvalue weighted by atomic mass is 31.2. The van der Waals surface area contributed by atoms with E-state index in [-0.39, 0.29) is 25.7 Å². The standard InChI is InChI=1S/C79H144O17P2/c1-5-9-13-17-21-25-29-33-36-40-43-47-51-55-59-63-76(81)89-69-74(95-78(83)65-61-57-53-49-45-39-32-28-24-20-16-12-8-4)71-93-97(85,86)91-67-73(80)68-92-98(87,88)94-72-75(96-79(84)66-62-58-54-50-46-42-38-35-31-27-23-19-15-11-7-3)70-90-77(82)64-60-56-52-48-44-41-37-34-30-26-22-18-14-10-6-2/h21,25,27,31,33-38,73-75,80H,5-20,22-24,26,28-30,32,39-72H2,1-4H3,(H,85,86)(H,87,88)/b25-21-,31-27-,36-33-,37-34-,38-35-/t73-,74-,75-/m1/s1. The zero-order valence-corrected chi connectivity index (χ0v) is 64.3. The van der Waals surface area contributed by atoms with Crippen LogP contribution in [0.2, 0.25) is 0 Å². The minimum atomic E-state index is -4.97. The Hall–Kier alpha value is -3.24. The van der Waals surface area contributed by atoms with E-state index in [4.69, 9.17) is 37.0 Å². The fourth-order valence-electron chi connectivity index (χ4n) is 10.9. The molecular formula is C79H144O17P2. The van der Waals surface area contributed by atoms with Gasteiger partial charge in [-0.15, -0.1) is 0 Å². The Bertz CT molecular complexity index is 2100. The average Bonchev–Trinajstić information content (AvgIpc) is 0.959. The number of unbranched alkanes of at least 4 members (excludes halogenated alkanes) is 40. The summed E-state index contributed by atoms with van der Waals surface area (Å²) < 4.78 is 68.5. The second-order valence-electron chi connectivity index (χ2n) is 26.7. The molecule has 19 heteroatoms. The zero-order valence-electron chi connectivity index (χ0n) is 62.5. The largest absolute Gasteiger partial charge is 0.472 e. The SMILES string of the molecule is CCCCC/C=C\C/C=C\CCCCCCCC(=O)OC[C@H](COP(=O)(O)OC[C@@H](O)COP(=O)(O)OC[C@@H](COC(=O)CCCCCCC/C=C\CCCCCCCC)OC(=O)CCCCCCC/C=C\C=C/CCCCCC)OC(=O)CCCCCCCCCCCCCCC. The van der Waals surface area contributed by atoms with Crippen molar-refractivity contribution in [2.45, 2.75) is 380 Å². The maximum absolute atomic E-state index is 13.1. The first kappa shape index (κ1) is 94.8. The lowest BCUT2D eigenvalue weighted by molar-refractivity contribution is -0.161. The number of allylic oxidation sites excluding steroid dienone is 10. The first-order chi connectivity index (χ1) is 47.7. The van der Waals surface area contributed by atoms with Crippen molar-refractivity contribution < 1.29 is 80.2 Å². The van der Waals surface area contributed by atoms with Gasteiger partial charge in [-0.1, -0.05) is 288 Å². The molecule has 0 aromatic carbocycles. The van der Waals surface area contributed by atoms with Crippen LogP contribution in [0.4, 0.5) is 0 Å². The third-order valence-corrected chi connectivity index (χ3v) is 18.9. The highest BCUT2D eigenvalue weighted by Crippen LogP contribution is 2.45. The Labute approximate surface area is 597 Å². The Kier molecular flexibility index (Phi) is 69.7. The van der Waals surface area contributed by atoms with Crippen molar-refractivity contribution in [1.82, 2.24) is 0 Å². The van der Waals surface area contributed by atoms with Gasteiger partial charge in [0.2, 0.25) is 0 Å². The smallest absolute Gasteiger partial charge is 0.462 e. The zero-order chi connectivity index (χ0) is 71.8. The Morgan fingerprint density at radius 3 is 0.857 bits per heavy atom. The quantitative estimate of drug-likeness (QED) is 0.0128. The molecule has 0 spiro atoms. The van der Waals surface area contributed by atoms with Crippen LogP contribution in [0.1, 0.15) is 362 Å². The van der Waals surface area contributed by atoms with Crippen molar-refractivity contribution >= 4 is 39.5 Å². The molecule has 0 radical (unpaired) electrons. The fraction of sp³-hybridized carbons (Fsp3) is 0.823. The number of phosphoric ester groups is 2. The summed E-state index contributed by atoms with van der Waals surface area (Å²) in [6.07, 6.45) is 70.5. The lowest BCUT2D eigenvalue weighted by Gasteiger charge is -2.21. The first-order valence-corrected chi connectivity index (χ1v) is 42.5. The fourth-order valence-corrected chi connectivity index (χ4v) is 12.5. The monoisotopic (exact) mass is 1430 g/mol. The lowest BCUT2D eigenvalue weighted by Crippen LogP contribution is -2.30. The minimum absolute atomic E-state index is 0.0796. The number of carbonyl (C=O) groups excluding carboxylic acids is 4. The molecule has 0 aromatic heterocycles. The van der Waals surface area contributed by atoms with Gasteiger partial charge in [0.15, 0.2) is 12.2 Å². The normalized spacial score (nSPS) is 14.2. The van der Waals surface area contributed by atoms with E-state index in [2.05, 4.69) is 88.5 Å². The minimum Gasteiger partial charge on any atom is -0.462 e. The first-order valence-electron chi connectivity index (χ1n) is 39.5. The predicted molar refractivity (Wildman–Crippen MR) is 400 cm³/mol. The summed E-state index contributed by atoms with van der Waals surface area (Å²) in [5.74, 6) is -2.18. The molecule has 0 heterocycles. The molecule has 572 valence electrons. The molecule has 0 aliphatic heterocycles. The molecule has 0 saturated carbocycles. The van der Waals surface area contributed by atoms with Crippen LogP contribution in [0, 0.1) is 0 Å². The number of rotatable bonds is 75. The van der Waals surface area contributed by atoms with E-state index in [0.29, 0.717) is 25.7 Å². The van der Waals surface area contributed by atoms with Crippen LogP contribution in [0.3, 0.4) is 0 Å². The van der Waals surface area contributed by atoms with E-state index in [0.717, 1.165) is 148 Å². The molecule has 0 aliphatic carbocycles. The van der Waals surface area contributed by atoms with Gasteiger partial charge in [-0.25, -0.2) is 9.13 Å². The van der Waals surface area contributed by atoms with Gasteiger partial charge in [0.1, 0.15) is 19.3 Å². The van der Waals surface area contributed by atoms with E-state index in [9.17, 15) is 43.2 Å². The number of esters is 4. The molecule has 0 aromatic rings. The molecule has 0 bridgehead atoms. The molecule has 0 amide bonds. The van der Waals surface area contributed by atoms with Crippen molar-refractivity contribution in [1.29, 1.82) is 0 Å². The predicted octanol–water partition coefficient (Wildman–Crippen LogP) is 22.7. The molecule has 0 saturated heterocycles. The van der Waals surface area contributed by atoms with E-state index in [1.807, 2.05) is 0 Å². The number of hydrogen-bond acceptors (Lipinski definition) is 15. The summed E-state index contributed by atoms with van der Waals surface area (Å²) in [6.45, 7) is 4.84. The molecule has 5 atom stereocenters.